The largest absolute Gasteiger partial charge is 0.461 e. The minimum atomic E-state index is -9.09. The summed E-state index contributed by atoms with van der Waals surface area (Å²) in [7, 11) is -8.88. The Morgan fingerprint density at radius 2 is 0.949 bits per heavy atom. The molecule has 0 aromatic carbocycles. The van der Waals surface area contributed by atoms with Crippen molar-refractivity contribution >= 4 is 16.0 Å². The fraction of sp³-hybridized carbons (Fsp3) is 0.786. The number of carbonyl (C=O) groups is 1. The topological polar surface area (TPSA) is 63.7 Å². The van der Waals surface area contributed by atoms with Crippen LogP contribution in [-0.4, -0.2) is 79.3 Å². The molecule has 0 amide bonds. The van der Waals surface area contributed by atoms with Gasteiger partial charge in [0.05, 0.1) is 6.61 Å². The molecule has 0 aliphatic carbocycles. The first-order valence-electron chi connectivity index (χ1n) is 8.64. The van der Waals surface area contributed by atoms with Crippen LogP contribution in [0.15, 0.2) is 11.8 Å². The lowest BCUT2D eigenvalue weighted by atomic mass is 9.91. The summed E-state index contributed by atoms with van der Waals surface area (Å²) in [6.07, 6.45) is -11.7. The highest BCUT2D eigenvalue weighted by atomic mass is 32.2. The number of ether oxygens (including phenoxy) is 1. The molecule has 0 saturated heterocycles. The standard InChI is InChI=1S/C14H8F19NO4S/c1-3-38-6(35)4(5(15)16)34(2)39(36,37)14(32,33)12(27,28)10(23,24)8(19,20)7(17,18)9(21,22)11(25,26)13(29,30)31/h3H2,1-2H3. The van der Waals surface area contributed by atoms with Gasteiger partial charge >= 0.3 is 69.0 Å². The third-order valence-electron chi connectivity index (χ3n) is 4.34. The van der Waals surface area contributed by atoms with Crippen LogP contribution in [0.3, 0.4) is 0 Å². The summed E-state index contributed by atoms with van der Waals surface area (Å²) < 4.78 is 276. The van der Waals surface area contributed by atoms with Gasteiger partial charge in [0, 0.05) is 7.05 Å². The Balaban J connectivity index is 7.21. The van der Waals surface area contributed by atoms with E-state index in [2.05, 4.69) is 4.74 Å². The number of likely N-dealkylation sites (N-methyl/N-ethyl adjacent to an activating group) is 1. The zero-order valence-corrected chi connectivity index (χ0v) is 18.7. The van der Waals surface area contributed by atoms with Crippen molar-refractivity contribution in [1.82, 2.24) is 4.31 Å². The van der Waals surface area contributed by atoms with Gasteiger partial charge in [-0.2, -0.15) is 91.8 Å². The Morgan fingerprint density at radius 1 is 0.641 bits per heavy atom. The SMILES string of the molecule is CCOC(=O)C(=C(F)F)N(C)S(=O)(=O)C(F)(F)C(F)(F)C(F)(F)C(F)(F)C(F)(F)C(F)(F)C(F)(F)C(F)(F)F. The molecule has 0 radical (unpaired) electrons. The average Bonchev–Trinajstić information content (AvgIpc) is 2.71. The van der Waals surface area contributed by atoms with Gasteiger partial charge in [-0.15, -0.1) is 0 Å². The molecule has 0 atom stereocenters. The molecule has 232 valence electrons. The van der Waals surface area contributed by atoms with E-state index in [-0.39, 0.29) is 0 Å². The molecule has 0 heterocycles. The average molecular weight is 647 g/mol. The van der Waals surface area contributed by atoms with Crippen molar-refractivity contribution in [3.8, 4) is 0 Å². The van der Waals surface area contributed by atoms with Gasteiger partial charge in [-0.25, -0.2) is 4.79 Å². The zero-order chi connectivity index (χ0) is 32.2. The first-order valence-corrected chi connectivity index (χ1v) is 10.1. The van der Waals surface area contributed by atoms with E-state index < -0.39 is 92.7 Å². The smallest absolute Gasteiger partial charge is 0.460 e. The predicted molar refractivity (Wildman–Crippen MR) is 83.2 cm³/mol. The van der Waals surface area contributed by atoms with Gasteiger partial charge < -0.3 is 4.74 Å². The summed E-state index contributed by atoms with van der Waals surface area (Å²) in [6.45, 7) is -0.240. The van der Waals surface area contributed by atoms with E-state index in [4.69, 9.17) is 0 Å². The molecule has 0 aliphatic heterocycles. The minimum Gasteiger partial charge on any atom is -0.461 e. The molecule has 0 unspecified atom stereocenters. The van der Waals surface area contributed by atoms with Crippen LogP contribution < -0.4 is 0 Å². The lowest BCUT2D eigenvalue weighted by Crippen LogP contribution is -2.75. The molecule has 0 aliphatic rings. The third-order valence-corrected chi connectivity index (χ3v) is 6.15. The lowest BCUT2D eigenvalue weighted by Gasteiger charge is -2.42. The number of alkyl halides is 17. The molecular weight excluding hydrogens is 639 g/mol. The van der Waals surface area contributed by atoms with E-state index in [1.807, 2.05) is 0 Å². The summed E-state index contributed by atoms with van der Waals surface area (Å²) in [5, 5.41) is -8.12. The highest BCUT2D eigenvalue weighted by Crippen LogP contribution is 2.64. The van der Waals surface area contributed by atoms with Crippen molar-refractivity contribution in [2.45, 2.75) is 53.9 Å². The van der Waals surface area contributed by atoms with E-state index in [1.54, 1.807) is 0 Å². The molecule has 0 N–H and O–H groups in total. The zero-order valence-electron chi connectivity index (χ0n) is 17.9. The molecule has 0 aromatic heterocycles. The van der Waals surface area contributed by atoms with Crippen LogP contribution in [0.5, 0.6) is 0 Å². The Hall–Kier alpha value is -2.37. The number of sulfonamides is 1. The van der Waals surface area contributed by atoms with E-state index >= 15 is 0 Å². The summed E-state index contributed by atoms with van der Waals surface area (Å²) in [5.74, 6) is -55.8. The van der Waals surface area contributed by atoms with E-state index in [0.29, 0.717) is 0 Å². The summed E-state index contributed by atoms with van der Waals surface area (Å²) in [4.78, 5) is 11.3. The molecule has 0 rings (SSSR count). The number of halogens is 19. The minimum absolute atomic E-state index is 0.742. The van der Waals surface area contributed by atoms with Gasteiger partial charge in [-0.1, -0.05) is 0 Å². The normalized spacial score (nSPS) is 15.2. The fourth-order valence-corrected chi connectivity index (χ4v) is 3.31. The summed E-state index contributed by atoms with van der Waals surface area (Å²) in [5.41, 5.74) is -3.00. The van der Waals surface area contributed by atoms with Gasteiger partial charge in [0.2, 0.25) is 5.70 Å². The summed E-state index contributed by atoms with van der Waals surface area (Å²) in [6, 6.07) is 0. The van der Waals surface area contributed by atoms with Crippen LogP contribution in [0.1, 0.15) is 6.92 Å². The molecule has 0 spiro atoms. The Kier molecular flexibility index (Phi) is 9.32. The van der Waals surface area contributed by atoms with Crippen molar-refractivity contribution in [3.63, 3.8) is 0 Å². The second-order valence-corrected chi connectivity index (χ2v) is 8.77. The molecule has 0 bridgehead atoms. The quantitative estimate of drug-likeness (QED) is 0.160. The van der Waals surface area contributed by atoms with Crippen molar-refractivity contribution in [3.05, 3.63) is 11.8 Å². The molecule has 25 heteroatoms. The molecule has 39 heavy (non-hydrogen) atoms. The molecule has 0 aromatic rings. The van der Waals surface area contributed by atoms with Gasteiger partial charge in [-0.3, -0.25) is 4.31 Å². The molecule has 5 nitrogen and oxygen atoms in total. The number of carbonyl (C=O) groups excluding carboxylic acids is 1. The number of hydrogen-bond donors (Lipinski definition) is 0. The molecule has 0 fully saturated rings. The predicted octanol–water partition coefficient (Wildman–Crippen LogP) is 5.89. The summed E-state index contributed by atoms with van der Waals surface area (Å²) >= 11 is 0. The van der Waals surface area contributed by atoms with Crippen LogP contribution >= 0.6 is 0 Å². The first-order chi connectivity index (χ1) is 16.7. The van der Waals surface area contributed by atoms with E-state index in [1.165, 1.54) is 0 Å². The van der Waals surface area contributed by atoms with Crippen LogP contribution in [0.25, 0.3) is 0 Å². The van der Waals surface area contributed by atoms with Crippen molar-refractivity contribution in [2.75, 3.05) is 13.7 Å². The van der Waals surface area contributed by atoms with Gasteiger partial charge in [-0.05, 0) is 6.92 Å². The highest BCUT2D eigenvalue weighted by molar-refractivity contribution is 7.90. The molecule has 0 saturated carbocycles. The molecular formula is C14H8F19NO4S. The number of esters is 1. The lowest BCUT2D eigenvalue weighted by molar-refractivity contribution is -0.458. The van der Waals surface area contributed by atoms with Gasteiger partial charge in [0.15, 0.2) is 0 Å². The number of rotatable bonds is 11. The van der Waals surface area contributed by atoms with Crippen LogP contribution in [0.2, 0.25) is 0 Å². The first kappa shape index (κ1) is 36.6. The van der Waals surface area contributed by atoms with Crippen LogP contribution in [0, 0.1) is 0 Å². The maximum atomic E-state index is 14.1. The Labute approximate surface area is 202 Å². The third kappa shape index (κ3) is 4.91. The van der Waals surface area contributed by atoms with Crippen LogP contribution in [-0.2, 0) is 19.6 Å². The van der Waals surface area contributed by atoms with E-state index in [0.717, 1.165) is 6.92 Å². The van der Waals surface area contributed by atoms with Gasteiger partial charge in [0.1, 0.15) is 0 Å². The monoisotopic (exact) mass is 647 g/mol. The van der Waals surface area contributed by atoms with E-state index in [9.17, 15) is 96.6 Å². The Morgan fingerprint density at radius 3 is 1.23 bits per heavy atom. The van der Waals surface area contributed by atoms with Gasteiger partial charge in [0.25, 0.3) is 0 Å². The number of nitrogens with zero attached hydrogens (tertiary/aromatic N) is 1. The maximum absolute atomic E-state index is 14.1. The van der Waals surface area contributed by atoms with Crippen LogP contribution in [0.4, 0.5) is 83.4 Å². The Bertz CT molecular complexity index is 1070. The van der Waals surface area contributed by atoms with Crippen molar-refractivity contribution < 1.29 is 101 Å². The second kappa shape index (κ2) is 9.92. The second-order valence-electron chi connectivity index (χ2n) is 6.76. The fourth-order valence-electron chi connectivity index (χ4n) is 2.13. The number of hydrogen-bond acceptors (Lipinski definition) is 4. The van der Waals surface area contributed by atoms with Crippen molar-refractivity contribution in [1.29, 1.82) is 0 Å². The van der Waals surface area contributed by atoms with Crippen molar-refractivity contribution in [2.24, 2.45) is 0 Å². The maximum Gasteiger partial charge on any atom is 0.460 e. The highest BCUT2D eigenvalue weighted by Gasteiger charge is 2.96.